The minimum atomic E-state index is -0.595. The van der Waals surface area contributed by atoms with Crippen LogP contribution in [-0.4, -0.2) is 46.7 Å². The molecule has 31 heavy (non-hydrogen) atoms. The number of ether oxygens (including phenoxy) is 2. The molecule has 2 amide bonds. The second-order valence-electron chi connectivity index (χ2n) is 9.80. The topological polar surface area (TPSA) is 97.8 Å². The third-order valence-electron chi connectivity index (χ3n) is 4.60. The molecule has 0 spiro atoms. The summed E-state index contributed by atoms with van der Waals surface area (Å²) in [6.45, 7) is 11.2. The monoisotopic (exact) mass is 433 g/mol. The van der Waals surface area contributed by atoms with Gasteiger partial charge in [-0.1, -0.05) is 0 Å². The number of aromatic nitrogens is 1. The molecule has 0 aromatic carbocycles. The van der Waals surface area contributed by atoms with Crippen LogP contribution in [0.15, 0.2) is 18.3 Å². The Labute approximate surface area is 184 Å². The maximum atomic E-state index is 12.7. The zero-order valence-electron chi connectivity index (χ0n) is 19.5. The number of anilines is 1. The van der Waals surface area contributed by atoms with Gasteiger partial charge in [-0.05, 0) is 79.4 Å². The van der Waals surface area contributed by atoms with Crippen molar-refractivity contribution >= 4 is 23.8 Å². The fourth-order valence-corrected chi connectivity index (χ4v) is 2.98. The Hall–Kier alpha value is -2.64. The van der Waals surface area contributed by atoms with Gasteiger partial charge in [-0.25, -0.2) is 14.6 Å². The van der Waals surface area contributed by atoms with Gasteiger partial charge in [0.1, 0.15) is 17.0 Å². The molecule has 1 saturated carbocycles. The molecular weight excluding hydrogens is 398 g/mol. The van der Waals surface area contributed by atoms with E-state index < -0.39 is 23.4 Å². The summed E-state index contributed by atoms with van der Waals surface area (Å²) in [7, 11) is 0. The van der Waals surface area contributed by atoms with Crippen LogP contribution in [-0.2, 0) is 9.47 Å². The molecule has 1 aliphatic rings. The molecule has 2 rings (SSSR count). The molecule has 0 radical (unpaired) electrons. The van der Waals surface area contributed by atoms with Gasteiger partial charge in [0.2, 0.25) is 0 Å². The quantitative estimate of drug-likeness (QED) is 0.487. The highest BCUT2D eigenvalue weighted by molar-refractivity contribution is 5.96. The lowest BCUT2D eigenvalue weighted by molar-refractivity contribution is 0.0521. The van der Waals surface area contributed by atoms with Gasteiger partial charge in [0, 0.05) is 30.8 Å². The second kappa shape index (κ2) is 10.1. The van der Waals surface area contributed by atoms with E-state index in [9.17, 15) is 14.4 Å². The Morgan fingerprint density at radius 1 is 1.06 bits per heavy atom. The number of carbonyl (C=O) groups excluding carboxylic acids is 3. The highest BCUT2D eigenvalue weighted by atomic mass is 16.6. The molecule has 0 unspecified atom stereocenters. The number of amides is 2. The standard InChI is InChI=1S/C23H35N3O5/c1-22(2,3)30-20(28)24-14-8-11-18(27)16-12-13-19(25-15-16)26(17-9-7-10-17)21(29)31-23(4,5)6/h12-13,15,17H,7-11,14H2,1-6H3,(H,24,28). The minimum Gasteiger partial charge on any atom is -0.444 e. The maximum absolute atomic E-state index is 12.7. The first kappa shape index (κ1) is 24.6. The summed E-state index contributed by atoms with van der Waals surface area (Å²) in [5, 5.41) is 2.64. The van der Waals surface area contributed by atoms with Crippen LogP contribution in [0.3, 0.4) is 0 Å². The number of nitrogens with zero attached hydrogens (tertiary/aromatic N) is 2. The molecule has 172 valence electrons. The fraction of sp³-hybridized carbons (Fsp3) is 0.652. The number of rotatable bonds is 7. The SMILES string of the molecule is CC(C)(C)OC(=O)NCCCC(=O)c1ccc(N(C(=O)OC(C)(C)C)C2CCC2)nc1. The average Bonchev–Trinajstić information content (AvgIpc) is 2.58. The van der Waals surface area contributed by atoms with Crippen LogP contribution >= 0.6 is 0 Å². The van der Waals surface area contributed by atoms with Gasteiger partial charge < -0.3 is 14.8 Å². The molecule has 1 aliphatic carbocycles. The van der Waals surface area contributed by atoms with Crippen molar-refractivity contribution in [2.75, 3.05) is 11.4 Å². The van der Waals surface area contributed by atoms with E-state index in [4.69, 9.17) is 9.47 Å². The van der Waals surface area contributed by atoms with E-state index in [1.165, 1.54) is 6.20 Å². The van der Waals surface area contributed by atoms with E-state index in [0.717, 1.165) is 19.3 Å². The van der Waals surface area contributed by atoms with E-state index in [1.807, 2.05) is 20.8 Å². The van der Waals surface area contributed by atoms with Crippen molar-refractivity contribution in [3.05, 3.63) is 23.9 Å². The predicted octanol–water partition coefficient (Wildman–Crippen LogP) is 4.86. The van der Waals surface area contributed by atoms with Crippen molar-refractivity contribution in [3.63, 3.8) is 0 Å². The number of pyridine rings is 1. The first-order valence-electron chi connectivity index (χ1n) is 10.8. The fourth-order valence-electron chi connectivity index (χ4n) is 2.98. The highest BCUT2D eigenvalue weighted by Crippen LogP contribution is 2.30. The molecule has 1 aromatic rings. The number of ketones is 1. The van der Waals surface area contributed by atoms with Crippen LogP contribution < -0.4 is 10.2 Å². The van der Waals surface area contributed by atoms with E-state index in [2.05, 4.69) is 10.3 Å². The summed E-state index contributed by atoms with van der Waals surface area (Å²) in [6, 6.07) is 3.44. The molecule has 1 heterocycles. The largest absolute Gasteiger partial charge is 0.444 e. The third kappa shape index (κ3) is 8.19. The highest BCUT2D eigenvalue weighted by Gasteiger charge is 2.34. The Morgan fingerprint density at radius 3 is 2.19 bits per heavy atom. The van der Waals surface area contributed by atoms with E-state index >= 15 is 0 Å². The van der Waals surface area contributed by atoms with E-state index in [1.54, 1.807) is 37.8 Å². The van der Waals surface area contributed by atoms with Crippen molar-refractivity contribution in [1.82, 2.24) is 10.3 Å². The van der Waals surface area contributed by atoms with Crippen molar-refractivity contribution in [2.24, 2.45) is 0 Å². The molecule has 1 aromatic heterocycles. The van der Waals surface area contributed by atoms with Gasteiger partial charge in [0.15, 0.2) is 5.78 Å². The summed E-state index contributed by atoms with van der Waals surface area (Å²) in [4.78, 5) is 42.7. The Kier molecular flexibility index (Phi) is 8.03. The minimum absolute atomic E-state index is 0.0718. The van der Waals surface area contributed by atoms with Crippen molar-refractivity contribution in [3.8, 4) is 0 Å². The second-order valence-corrected chi connectivity index (χ2v) is 9.80. The molecule has 1 N–H and O–H groups in total. The molecule has 8 heteroatoms. The average molecular weight is 434 g/mol. The van der Waals surface area contributed by atoms with E-state index in [-0.39, 0.29) is 18.2 Å². The van der Waals surface area contributed by atoms with Crippen LogP contribution in [0.1, 0.15) is 84.0 Å². The van der Waals surface area contributed by atoms with Crippen molar-refractivity contribution in [2.45, 2.75) is 90.9 Å². The van der Waals surface area contributed by atoms with Gasteiger partial charge in [-0.2, -0.15) is 0 Å². The lowest BCUT2D eigenvalue weighted by Gasteiger charge is -2.37. The van der Waals surface area contributed by atoms with E-state index in [0.29, 0.717) is 24.3 Å². The van der Waals surface area contributed by atoms with Gasteiger partial charge in [0.25, 0.3) is 0 Å². The number of alkyl carbamates (subject to hydrolysis) is 1. The number of nitrogens with one attached hydrogen (secondary N) is 1. The smallest absolute Gasteiger partial charge is 0.416 e. The van der Waals surface area contributed by atoms with Gasteiger partial charge in [0.05, 0.1) is 0 Å². The van der Waals surface area contributed by atoms with Crippen molar-refractivity contribution < 1.29 is 23.9 Å². The van der Waals surface area contributed by atoms with Crippen LogP contribution in [0.5, 0.6) is 0 Å². The lowest BCUT2D eigenvalue weighted by atomic mass is 9.91. The van der Waals surface area contributed by atoms with Crippen LogP contribution in [0.4, 0.5) is 15.4 Å². The summed E-state index contributed by atoms with van der Waals surface area (Å²) in [5.74, 6) is 0.416. The predicted molar refractivity (Wildman–Crippen MR) is 118 cm³/mol. The maximum Gasteiger partial charge on any atom is 0.416 e. The first-order valence-corrected chi connectivity index (χ1v) is 10.8. The normalized spacial score (nSPS) is 14.4. The lowest BCUT2D eigenvalue weighted by Crippen LogP contribution is -2.47. The van der Waals surface area contributed by atoms with Gasteiger partial charge in [-0.15, -0.1) is 0 Å². The number of Topliss-reactive ketones (excluding diaryl/α,β-unsaturated/α-hetero) is 1. The zero-order chi connectivity index (χ0) is 23.2. The van der Waals surface area contributed by atoms with Gasteiger partial charge >= 0.3 is 12.2 Å². The van der Waals surface area contributed by atoms with Crippen LogP contribution in [0, 0.1) is 0 Å². The zero-order valence-corrected chi connectivity index (χ0v) is 19.5. The number of hydrogen-bond donors (Lipinski definition) is 1. The molecule has 0 atom stereocenters. The number of hydrogen-bond acceptors (Lipinski definition) is 6. The molecular formula is C23H35N3O5. The van der Waals surface area contributed by atoms with Crippen LogP contribution in [0.25, 0.3) is 0 Å². The Balaban J connectivity index is 1.91. The molecule has 8 nitrogen and oxygen atoms in total. The summed E-state index contributed by atoms with van der Waals surface area (Å²) >= 11 is 0. The van der Waals surface area contributed by atoms with Crippen molar-refractivity contribution in [1.29, 1.82) is 0 Å². The summed E-state index contributed by atoms with van der Waals surface area (Å²) in [6.07, 6.45) is 4.23. The Bertz CT molecular complexity index is 774. The molecule has 0 bridgehead atoms. The molecule has 0 aliphatic heterocycles. The Morgan fingerprint density at radius 2 is 1.71 bits per heavy atom. The first-order chi connectivity index (χ1) is 14.4. The summed E-state index contributed by atoms with van der Waals surface area (Å²) < 4.78 is 10.7. The van der Waals surface area contributed by atoms with Crippen LogP contribution in [0.2, 0.25) is 0 Å². The van der Waals surface area contributed by atoms with Gasteiger partial charge in [-0.3, -0.25) is 9.69 Å². The number of carbonyl (C=O) groups is 3. The molecule has 1 fully saturated rings. The summed E-state index contributed by atoms with van der Waals surface area (Å²) in [5.41, 5.74) is -0.679. The third-order valence-corrected chi connectivity index (χ3v) is 4.60. The molecule has 0 saturated heterocycles.